The van der Waals surface area contributed by atoms with Gasteiger partial charge in [0.1, 0.15) is 12.3 Å². The number of nitrogens with two attached hydrogens (primary N) is 2. The van der Waals surface area contributed by atoms with Gasteiger partial charge in [0.2, 0.25) is 0 Å². The normalized spacial score (nSPS) is 20.4. The summed E-state index contributed by atoms with van der Waals surface area (Å²) in [5, 5.41) is 22.8. The molecule has 1 rings (SSSR count). The van der Waals surface area contributed by atoms with Gasteiger partial charge in [0.25, 0.3) is 0 Å². The van der Waals surface area contributed by atoms with Crippen molar-refractivity contribution in [2.24, 2.45) is 17.0 Å². The molecule has 106 valence electrons. The van der Waals surface area contributed by atoms with Crippen LogP contribution in [0.5, 0.6) is 0 Å². The molecule has 0 aliphatic carbocycles. The van der Waals surface area contributed by atoms with E-state index < -0.39 is 40.6 Å². The number of nitro groups is 1. The summed E-state index contributed by atoms with van der Waals surface area (Å²) in [5.41, 5.74) is 2.90. The van der Waals surface area contributed by atoms with Crippen LogP contribution < -0.4 is 16.9 Å². The monoisotopic (exact) mass is 273 g/mol. The van der Waals surface area contributed by atoms with Crippen LogP contribution in [-0.4, -0.2) is 39.6 Å². The first-order valence-corrected chi connectivity index (χ1v) is 5.28. The minimum atomic E-state index is -1.47. The van der Waals surface area contributed by atoms with Gasteiger partial charge in [0, 0.05) is 0 Å². The molecule has 0 aromatic carbocycles. The maximum Gasteiger partial charge on any atom is 0.354 e. The van der Waals surface area contributed by atoms with Crippen molar-refractivity contribution in [1.82, 2.24) is 10.3 Å². The third kappa shape index (κ3) is 2.41. The Hall–Kier alpha value is -2.04. The third-order valence-corrected chi connectivity index (χ3v) is 2.91. The quantitative estimate of drug-likeness (QED) is 0.190. The van der Waals surface area contributed by atoms with Crippen LogP contribution in [0.2, 0.25) is 0 Å². The highest BCUT2D eigenvalue weighted by Gasteiger charge is 2.46. The van der Waals surface area contributed by atoms with Crippen molar-refractivity contribution in [2.75, 3.05) is 6.61 Å². The molecule has 1 aliphatic heterocycles. The zero-order chi connectivity index (χ0) is 15.0. The molecule has 10 nitrogen and oxygen atoms in total. The number of Topliss-reactive ketones (excluding diaryl/α,β-unsaturated/α-hetero) is 1. The van der Waals surface area contributed by atoms with E-state index in [4.69, 9.17) is 16.7 Å². The summed E-state index contributed by atoms with van der Waals surface area (Å²) in [5.74, 6) is 3.49. The molecule has 0 radical (unpaired) electrons. The molecule has 1 heterocycles. The summed E-state index contributed by atoms with van der Waals surface area (Å²) < 4.78 is 0. The predicted molar refractivity (Wildman–Crippen MR) is 62.0 cm³/mol. The Morgan fingerprint density at radius 2 is 2.16 bits per heavy atom. The van der Waals surface area contributed by atoms with E-state index in [1.165, 1.54) is 13.8 Å². The van der Waals surface area contributed by atoms with Crippen molar-refractivity contribution in [3.63, 3.8) is 0 Å². The minimum absolute atomic E-state index is 0.268. The number of aliphatic hydroxyl groups excluding tert-OH is 1. The summed E-state index contributed by atoms with van der Waals surface area (Å²) in [6.07, 6.45) is -1.20. The molecular weight excluding hydrogens is 258 g/mol. The number of nitrogens with zero attached hydrogens (tertiary/aromatic N) is 2. The predicted octanol–water partition coefficient (Wildman–Crippen LogP) is -2.39. The summed E-state index contributed by atoms with van der Waals surface area (Å²) in [4.78, 5) is 33.4. The van der Waals surface area contributed by atoms with Gasteiger partial charge in [-0.1, -0.05) is 0 Å². The van der Waals surface area contributed by atoms with E-state index in [1.807, 2.05) is 0 Å². The average molecular weight is 273 g/mol. The van der Waals surface area contributed by atoms with Gasteiger partial charge in [-0.15, -0.1) is 0 Å². The van der Waals surface area contributed by atoms with Gasteiger partial charge in [0.15, 0.2) is 12.1 Å². The number of nitrogens with one attached hydrogen (secondary N) is 1. The fraction of sp³-hybridized carbons (Fsp3) is 0.556. The van der Waals surface area contributed by atoms with E-state index in [2.05, 4.69) is 5.32 Å². The average Bonchev–Trinajstić information content (AvgIpc) is 2.33. The number of hydrogen-bond acceptors (Lipinski definition) is 8. The number of amides is 1. The third-order valence-electron chi connectivity index (χ3n) is 2.91. The van der Waals surface area contributed by atoms with Crippen LogP contribution in [0.4, 0.5) is 0 Å². The van der Waals surface area contributed by atoms with Crippen LogP contribution in [0, 0.1) is 15.5 Å². The van der Waals surface area contributed by atoms with Gasteiger partial charge < -0.3 is 10.4 Å². The van der Waals surface area contributed by atoms with Crippen LogP contribution in [0.3, 0.4) is 0 Å². The first-order chi connectivity index (χ1) is 8.64. The highest BCUT2D eigenvalue weighted by molar-refractivity contribution is 5.96. The van der Waals surface area contributed by atoms with E-state index in [1.54, 1.807) is 0 Å². The number of allylic oxidation sites excluding steroid dienone is 1. The summed E-state index contributed by atoms with van der Waals surface area (Å²) >= 11 is 0. The zero-order valence-electron chi connectivity index (χ0n) is 10.4. The molecule has 1 aliphatic rings. The molecule has 1 unspecified atom stereocenters. The molecule has 0 spiro atoms. The van der Waals surface area contributed by atoms with E-state index in [0.717, 1.165) is 0 Å². The van der Waals surface area contributed by atoms with Gasteiger partial charge in [-0.25, -0.2) is 10.9 Å². The van der Waals surface area contributed by atoms with E-state index in [9.17, 15) is 19.7 Å². The van der Waals surface area contributed by atoms with Crippen LogP contribution in [0.15, 0.2) is 11.4 Å². The van der Waals surface area contributed by atoms with Crippen molar-refractivity contribution < 1.29 is 19.6 Å². The number of rotatable bonds is 4. The lowest BCUT2D eigenvalue weighted by Gasteiger charge is -2.35. The summed E-state index contributed by atoms with van der Waals surface area (Å²) in [6, 6.07) is 0. The standard InChI is InChI=1S/C9H15N5O5/c1-9(2,4(16)3-15)6-5(14(18)19)7(17)13(11)8(10)12-6/h8,12,15H,3,10-11H2,1-2H3. The topological polar surface area (TPSA) is 165 Å². The molecule has 0 saturated carbocycles. The number of ketones is 1. The van der Waals surface area contributed by atoms with Gasteiger partial charge in [-0.3, -0.25) is 25.4 Å². The number of aliphatic hydroxyl groups is 1. The lowest BCUT2D eigenvalue weighted by atomic mass is 9.82. The van der Waals surface area contributed by atoms with Crippen LogP contribution in [0.1, 0.15) is 13.8 Å². The van der Waals surface area contributed by atoms with Gasteiger partial charge in [-0.05, 0) is 13.8 Å². The number of carbonyl (C=O) groups is 2. The Balaban J connectivity index is 3.45. The first-order valence-electron chi connectivity index (χ1n) is 5.28. The molecule has 0 aromatic rings. The van der Waals surface area contributed by atoms with Crippen molar-refractivity contribution in [1.29, 1.82) is 0 Å². The van der Waals surface area contributed by atoms with Crippen molar-refractivity contribution in [3.05, 3.63) is 21.5 Å². The van der Waals surface area contributed by atoms with E-state index in [-0.39, 0.29) is 5.70 Å². The second-order valence-corrected chi connectivity index (χ2v) is 4.49. The van der Waals surface area contributed by atoms with Gasteiger partial charge in [-0.2, -0.15) is 0 Å². The molecular formula is C9H15N5O5. The SMILES string of the molecule is CC(C)(C(=O)CO)C1=C([N+](=O)[O-])C(=O)N(N)C(N)N1. The second-order valence-electron chi connectivity index (χ2n) is 4.49. The Labute approximate surface area is 108 Å². The molecule has 10 heteroatoms. The highest BCUT2D eigenvalue weighted by atomic mass is 16.6. The Kier molecular flexibility index (Phi) is 3.88. The van der Waals surface area contributed by atoms with Crippen LogP contribution >= 0.6 is 0 Å². The van der Waals surface area contributed by atoms with Gasteiger partial charge >= 0.3 is 11.6 Å². The highest BCUT2D eigenvalue weighted by Crippen LogP contribution is 2.31. The maximum absolute atomic E-state index is 11.8. The summed E-state index contributed by atoms with van der Waals surface area (Å²) in [7, 11) is 0. The molecule has 0 saturated heterocycles. The Bertz CT molecular complexity index is 472. The molecule has 0 bridgehead atoms. The maximum atomic E-state index is 11.8. The van der Waals surface area contributed by atoms with E-state index >= 15 is 0 Å². The molecule has 0 aromatic heterocycles. The number of hydrazine groups is 1. The van der Waals surface area contributed by atoms with Crippen molar-refractivity contribution in [3.8, 4) is 0 Å². The first kappa shape index (κ1) is 15.0. The molecule has 1 amide bonds. The Morgan fingerprint density at radius 3 is 2.58 bits per heavy atom. The smallest absolute Gasteiger partial charge is 0.354 e. The lowest BCUT2D eigenvalue weighted by Crippen LogP contribution is -2.64. The largest absolute Gasteiger partial charge is 0.389 e. The minimum Gasteiger partial charge on any atom is -0.389 e. The van der Waals surface area contributed by atoms with Crippen molar-refractivity contribution in [2.45, 2.75) is 20.1 Å². The van der Waals surface area contributed by atoms with E-state index in [0.29, 0.717) is 5.01 Å². The van der Waals surface area contributed by atoms with Crippen molar-refractivity contribution >= 4 is 11.7 Å². The fourth-order valence-corrected chi connectivity index (χ4v) is 1.62. The zero-order valence-corrected chi connectivity index (χ0v) is 10.4. The Morgan fingerprint density at radius 1 is 1.63 bits per heavy atom. The van der Waals surface area contributed by atoms with Crippen LogP contribution in [-0.2, 0) is 9.59 Å². The van der Waals surface area contributed by atoms with Gasteiger partial charge in [0.05, 0.1) is 10.3 Å². The lowest BCUT2D eigenvalue weighted by molar-refractivity contribution is -0.423. The number of hydrogen-bond donors (Lipinski definition) is 4. The fourth-order valence-electron chi connectivity index (χ4n) is 1.62. The molecule has 19 heavy (non-hydrogen) atoms. The second kappa shape index (κ2) is 4.91. The summed E-state index contributed by atoms with van der Waals surface area (Å²) in [6.45, 7) is 1.85. The molecule has 0 fully saturated rings. The molecule has 1 atom stereocenters. The number of carbonyl (C=O) groups excluding carboxylic acids is 2. The molecule has 6 N–H and O–H groups in total. The van der Waals surface area contributed by atoms with Crippen LogP contribution in [0.25, 0.3) is 0 Å².